The number of rotatable bonds is 10. The molecule has 0 amide bonds. The Kier molecular flexibility index (Phi) is 8.48. The van der Waals surface area contributed by atoms with E-state index >= 15 is 0 Å². The third kappa shape index (κ3) is 5.85. The van der Waals surface area contributed by atoms with Crippen LogP contribution in [0.25, 0.3) is 5.69 Å². The first-order valence-electron chi connectivity index (χ1n) is 12.4. The molecule has 1 atom stereocenters. The van der Waals surface area contributed by atoms with E-state index in [1.165, 1.54) is 47.1 Å². The van der Waals surface area contributed by atoms with E-state index in [2.05, 4.69) is 56.0 Å². The SMILES string of the molecule is CCCCCC(CCC)c1cc(Cc2c(C)cc(-n3nc(C)c(=O)[nH]c3=O)cc2C)ccc1N. The number of aryl methyl sites for hydroxylation is 3. The molecule has 0 saturated carbocycles. The van der Waals surface area contributed by atoms with Gasteiger partial charge in [0.05, 0.1) is 5.69 Å². The summed E-state index contributed by atoms with van der Waals surface area (Å²) in [5.41, 5.74) is 13.2. The molecular weight excluding hydrogens is 424 g/mol. The van der Waals surface area contributed by atoms with Gasteiger partial charge in [-0.3, -0.25) is 9.78 Å². The second-order valence-corrected chi connectivity index (χ2v) is 9.44. The van der Waals surface area contributed by atoms with Crippen molar-refractivity contribution in [3.05, 3.63) is 84.7 Å². The maximum atomic E-state index is 12.3. The highest BCUT2D eigenvalue weighted by atomic mass is 16.2. The highest BCUT2D eigenvalue weighted by Gasteiger charge is 2.16. The van der Waals surface area contributed by atoms with Crippen molar-refractivity contribution in [2.24, 2.45) is 0 Å². The monoisotopic (exact) mass is 462 g/mol. The maximum absolute atomic E-state index is 12.3. The first-order valence-corrected chi connectivity index (χ1v) is 12.4. The molecule has 1 unspecified atom stereocenters. The Hall–Kier alpha value is -3.15. The molecule has 0 bridgehead atoms. The molecule has 0 aliphatic rings. The number of hydrogen-bond acceptors (Lipinski definition) is 4. The molecule has 1 aromatic heterocycles. The van der Waals surface area contributed by atoms with Crippen molar-refractivity contribution in [1.29, 1.82) is 0 Å². The van der Waals surface area contributed by atoms with Crippen LogP contribution >= 0.6 is 0 Å². The Bertz CT molecular complexity index is 1230. The highest BCUT2D eigenvalue weighted by molar-refractivity contribution is 5.53. The van der Waals surface area contributed by atoms with Gasteiger partial charge < -0.3 is 5.73 Å². The third-order valence-electron chi connectivity index (χ3n) is 6.68. The molecule has 182 valence electrons. The number of H-pyrrole nitrogens is 1. The van der Waals surface area contributed by atoms with Crippen LogP contribution in [-0.2, 0) is 6.42 Å². The van der Waals surface area contributed by atoms with E-state index in [9.17, 15) is 9.59 Å². The Morgan fingerprint density at radius 2 is 1.68 bits per heavy atom. The minimum absolute atomic E-state index is 0.258. The topological polar surface area (TPSA) is 93.8 Å². The van der Waals surface area contributed by atoms with Gasteiger partial charge in [0.25, 0.3) is 5.56 Å². The van der Waals surface area contributed by atoms with Crippen LogP contribution < -0.4 is 17.0 Å². The Morgan fingerprint density at radius 3 is 2.32 bits per heavy atom. The molecule has 0 fully saturated rings. The summed E-state index contributed by atoms with van der Waals surface area (Å²) < 4.78 is 1.26. The average Bonchev–Trinajstić information content (AvgIpc) is 2.79. The van der Waals surface area contributed by atoms with Gasteiger partial charge in [-0.2, -0.15) is 9.78 Å². The van der Waals surface area contributed by atoms with Crippen molar-refractivity contribution in [2.45, 2.75) is 85.5 Å². The van der Waals surface area contributed by atoms with Gasteiger partial charge in [-0.25, -0.2) is 4.79 Å². The quantitative estimate of drug-likeness (QED) is 0.308. The molecule has 3 aromatic rings. The van der Waals surface area contributed by atoms with E-state index in [1.807, 2.05) is 12.1 Å². The molecule has 2 aromatic carbocycles. The van der Waals surface area contributed by atoms with Crippen LogP contribution in [0.4, 0.5) is 5.69 Å². The molecule has 0 spiro atoms. The highest BCUT2D eigenvalue weighted by Crippen LogP contribution is 2.33. The number of aromatic nitrogens is 3. The zero-order valence-corrected chi connectivity index (χ0v) is 21.2. The van der Waals surface area contributed by atoms with Crippen molar-refractivity contribution in [3.63, 3.8) is 0 Å². The zero-order chi connectivity index (χ0) is 24.8. The number of aromatic amines is 1. The normalized spacial score (nSPS) is 12.1. The van der Waals surface area contributed by atoms with Crippen molar-refractivity contribution in [2.75, 3.05) is 5.73 Å². The van der Waals surface area contributed by atoms with Crippen molar-refractivity contribution >= 4 is 5.69 Å². The largest absolute Gasteiger partial charge is 0.398 e. The average molecular weight is 463 g/mol. The van der Waals surface area contributed by atoms with Crippen LogP contribution in [-0.4, -0.2) is 14.8 Å². The van der Waals surface area contributed by atoms with Gasteiger partial charge in [-0.15, -0.1) is 0 Å². The van der Waals surface area contributed by atoms with E-state index in [-0.39, 0.29) is 5.69 Å². The van der Waals surface area contributed by atoms with E-state index in [0.717, 1.165) is 36.1 Å². The summed E-state index contributed by atoms with van der Waals surface area (Å²) >= 11 is 0. The van der Waals surface area contributed by atoms with Crippen LogP contribution in [0.2, 0.25) is 0 Å². The third-order valence-corrected chi connectivity index (χ3v) is 6.68. The predicted molar refractivity (Wildman–Crippen MR) is 140 cm³/mol. The minimum atomic E-state index is -0.532. The van der Waals surface area contributed by atoms with Gasteiger partial charge in [-0.05, 0) is 92.0 Å². The fourth-order valence-corrected chi connectivity index (χ4v) is 4.76. The summed E-state index contributed by atoms with van der Waals surface area (Å²) in [6, 6.07) is 10.4. The van der Waals surface area contributed by atoms with Crippen LogP contribution in [0.1, 0.15) is 91.8 Å². The minimum Gasteiger partial charge on any atom is -0.398 e. The van der Waals surface area contributed by atoms with Gasteiger partial charge in [-0.1, -0.05) is 51.7 Å². The number of unbranched alkanes of at least 4 members (excludes halogenated alkanes) is 2. The molecular formula is C28H38N4O2. The summed E-state index contributed by atoms with van der Waals surface area (Å²) in [7, 11) is 0. The molecule has 0 aliphatic carbocycles. The molecule has 1 heterocycles. The number of nitrogens with two attached hydrogens (primary N) is 1. The number of benzene rings is 2. The van der Waals surface area contributed by atoms with Crippen LogP contribution in [0.15, 0.2) is 39.9 Å². The molecule has 34 heavy (non-hydrogen) atoms. The van der Waals surface area contributed by atoms with Gasteiger partial charge >= 0.3 is 5.69 Å². The molecule has 0 saturated heterocycles. The number of anilines is 1. The van der Waals surface area contributed by atoms with Crippen molar-refractivity contribution in [1.82, 2.24) is 14.8 Å². The lowest BCUT2D eigenvalue weighted by Crippen LogP contribution is -2.33. The first kappa shape index (κ1) is 25.5. The standard InChI is InChI=1S/C28H38N4O2/c1-6-8-9-11-22(10-7-2)25-17-21(12-13-26(25)29)16-24-18(3)14-23(15-19(24)4)32-28(34)30-27(33)20(5)31-32/h12-15,17,22H,6-11,16,29H2,1-5H3,(H,30,33,34). The van der Waals surface area contributed by atoms with E-state index in [0.29, 0.717) is 11.6 Å². The summed E-state index contributed by atoms with van der Waals surface area (Å²) in [4.78, 5) is 26.3. The number of hydrogen-bond donors (Lipinski definition) is 2. The molecule has 0 radical (unpaired) electrons. The van der Waals surface area contributed by atoms with Gasteiger partial charge in [0.1, 0.15) is 5.69 Å². The summed E-state index contributed by atoms with van der Waals surface area (Å²) in [5, 5.41) is 4.17. The lowest BCUT2D eigenvalue weighted by atomic mass is 9.86. The molecule has 0 aliphatic heterocycles. The Balaban J connectivity index is 1.92. The fourth-order valence-electron chi connectivity index (χ4n) is 4.76. The smallest absolute Gasteiger partial charge is 0.349 e. The predicted octanol–water partition coefficient (Wildman–Crippen LogP) is 5.48. The van der Waals surface area contributed by atoms with Gasteiger partial charge in [0.15, 0.2) is 0 Å². The molecule has 6 heteroatoms. The van der Waals surface area contributed by atoms with Crippen LogP contribution in [0.5, 0.6) is 0 Å². The second-order valence-electron chi connectivity index (χ2n) is 9.44. The van der Waals surface area contributed by atoms with Crippen molar-refractivity contribution < 1.29 is 0 Å². The Morgan fingerprint density at radius 1 is 0.971 bits per heavy atom. The fraction of sp³-hybridized carbons (Fsp3) is 0.464. The first-order chi connectivity index (χ1) is 16.2. The molecule has 6 nitrogen and oxygen atoms in total. The lowest BCUT2D eigenvalue weighted by molar-refractivity contribution is 0.530. The van der Waals surface area contributed by atoms with E-state index in [1.54, 1.807) is 6.92 Å². The lowest BCUT2D eigenvalue weighted by Gasteiger charge is -2.20. The second kappa shape index (κ2) is 11.3. The van der Waals surface area contributed by atoms with Crippen LogP contribution in [0, 0.1) is 20.8 Å². The summed E-state index contributed by atoms with van der Waals surface area (Å²) in [5.74, 6) is 0.502. The Labute approximate surface area is 202 Å². The number of nitrogens with one attached hydrogen (secondary N) is 1. The van der Waals surface area contributed by atoms with E-state index in [4.69, 9.17) is 5.73 Å². The number of nitrogens with zero attached hydrogens (tertiary/aromatic N) is 2. The maximum Gasteiger partial charge on any atom is 0.349 e. The summed E-state index contributed by atoms with van der Waals surface area (Å²) in [6.07, 6.45) is 8.01. The molecule has 3 rings (SSSR count). The van der Waals surface area contributed by atoms with Crippen molar-refractivity contribution in [3.8, 4) is 5.69 Å². The number of nitrogen functional groups attached to an aromatic ring is 1. The summed E-state index contributed by atoms with van der Waals surface area (Å²) in [6.45, 7) is 10.2. The molecule has 3 N–H and O–H groups in total. The van der Waals surface area contributed by atoms with E-state index < -0.39 is 11.2 Å². The van der Waals surface area contributed by atoms with Crippen LogP contribution in [0.3, 0.4) is 0 Å². The van der Waals surface area contributed by atoms with Gasteiger partial charge in [0.2, 0.25) is 0 Å². The zero-order valence-electron chi connectivity index (χ0n) is 21.2. The van der Waals surface area contributed by atoms with Gasteiger partial charge in [0, 0.05) is 5.69 Å².